The average molecular weight is 311 g/mol. The van der Waals surface area contributed by atoms with E-state index < -0.39 is 10.2 Å². The normalized spacial score (nSPS) is 22.3. The van der Waals surface area contributed by atoms with Gasteiger partial charge in [-0.05, 0) is 31.6 Å². The maximum Gasteiger partial charge on any atom is 0.282 e. The summed E-state index contributed by atoms with van der Waals surface area (Å²) in [6.07, 6.45) is 3.73. The molecular weight excluding hydrogens is 284 g/mol. The van der Waals surface area contributed by atoms with Crippen molar-refractivity contribution in [2.24, 2.45) is 5.92 Å². The second-order valence-corrected chi connectivity index (χ2v) is 7.64. The second kappa shape index (κ2) is 7.81. The SMILES string of the molecule is CCC(CC)N(CCCl)S(=O)(=O)N1CCCC(C)C1. The maximum absolute atomic E-state index is 12.8. The minimum Gasteiger partial charge on any atom is -0.195 e. The third-order valence-corrected chi connectivity index (χ3v) is 6.12. The highest BCUT2D eigenvalue weighted by Crippen LogP contribution is 2.23. The van der Waals surface area contributed by atoms with Crippen molar-refractivity contribution in [3.05, 3.63) is 0 Å². The Bertz CT molecular complexity index is 358. The Kier molecular flexibility index (Phi) is 7.08. The molecule has 0 saturated carbocycles. The highest BCUT2D eigenvalue weighted by Gasteiger charge is 2.35. The number of halogens is 1. The molecule has 6 heteroatoms. The zero-order valence-corrected chi connectivity index (χ0v) is 13.9. The van der Waals surface area contributed by atoms with Crippen molar-refractivity contribution in [2.45, 2.75) is 52.5 Å². The lowest BCUT2D eigenvalue weighted by molar-refractivity contribution is 0.237. The molecule has 1 heterocycles. The highest BCUT2D eigenvalue weighted by atomic mass is 35.5. The number of nitrogens with zero attached hydrogens (tertiary/aromatic N) is 2. The van der Waals surface area contributed by atoms with E-state index in [-0.39, 0.29) is 6.04 Å². The zero-order chi connectivity index (χ0) is 14.5. The van der Waals surface area contributed by atoms with Crippen LogP contribution in [0.5, 0.6) is 0 Å². The van der Waals surface area contributed by atoms with Crippen LogP contribution in [0.4, 0.5) is 0 Å². The van der Waals surface area contributed by atoms with Gasteiger partial charge in [-0.15, -0.1) is 11.6 Å². The lowest BCUT2D eigenvalue weighted by Crippen LogP contribution is -2.51. The van der Waals surface area contributed by atoms with Gasteiger partial charge in [0.15, 0.2) is 0 Å². The molecule has 0 aromatic rings. The van der Waals surface area contributed by atoms with Crippen molar-refractivity contribution < 1.29 is 8.42 Å². The molecule has 1 aliphatic rings. The third kappa shape index (κ3) is 4.31. The van der Waals surface area contributed by atoms with E-state index in [1.807, 2.05) is 13.8 Å². The first-order chi connectivity index (χ1) is 8.97. The summed E-state index contributed by atoms with van der Waals surface area (Å²) in [6.45, 7) is 7.87. The molecule has 1 rings (SSSR count). The maximum atomic E-state index is 12.8. The Morgan fingerprint density at radius 1 is 1.37 bits per heavy atom. The molecule has 0 aliphatic carbocycles. The Balaban J connectivity index is 2.91. The lowest BCUT2D eigenvalue weighted by atomic mass is 10.0. The van der Waals surface area contributed by atoms with Gasteiger partial charge in [-0.1, -0.05) is 20.8 Å². The van der Waals surface area contributed by atoms with Crippen LogP contribution in [0.1, 0.15) is 46.5 Å². The molecule has 1 aliphatic heterocycles. The van der Waals surface area contributed by atoms with Crippen molar-refractivity contribution >= 4 is 21.8 Å². The second-order valence-electron chi connectivity index (χ2n) is 5.38. The fraction of sp³-hybridized carbons (Fsp3) is 1.00. The van der Waals surface area contributed by atoms with Crippen LogP contribution in [0.25, 0.3) is 0 Å². The van der Waals surface area contributed by atoms with Gasteiger partial charge < -0.3 is 0 Å². The topological polar surface area (TPSA) is 40.6 Å². The molecule has 0 aromatic heterocycles. The molecule has 4 nitrogen and oxygen atoms in total. The molecule has 0 spiro atoms. The largest absolute Gasteiger partial charge is 0.282 e. The number of piperidine rings is 1. The molecule has 0 radical (unpaired) electrons. The fourth-order valence-electron chi connectivity index (χ4n) is 2.77. The van der Waals surface area contributed by atoms with Crippen LogP contribution in [-0.4, -0.2) is 48.6 Å². The summed E-state index contributed by atoms with van der Waals surface area (Å²) in [6, 6.07) is 0.0565. The summed E-state index contributed by atoms with van der Waals surface area (Å²) in [5.74, 6) is 0.794. The van der Waals surface area contributed by atoms with Crippen molar-refractivity contribution in [3.8, 4) is 0 Å². The third-order valence-electron chi connectivity index (χ3n) is 3.90. The number of hydrogen-bond donors (Lipinski definition) is 0. The summed E-state index contributed by atoms with van der Waals surface area (Å²) in [7, 11) is -3.36. The van der Waals surface area contributed by atoms with Gasteiger partial charge in [-0.2, -0.15) is 17.0 Å². The molecule has 1 atom stereocenters. The quantitative estimate of drug-likeness (QED) is 0.678. The van der Waals surface area contributed by atoms with Crippen LogP contribution in [0.3, 0.4) is 0 Å². The summed E-state index contributed by atoms with van der Waals surface area (Å²) >= 11 is 5.80. The van der Waals surface area contributed by atoms with Crippen LogP contribution in [-0.2, 0) is 10.2 Å². The predicted octanol–water partition coefficient (Wildman–Crippen LogP) is 2.69. The predicted molar refractivity (Wildman–Crippen MR) is 80.7 cm³/mol. The van der Waals surface area contributed by atoms with E-state index in [2.05, 4.69) is 6.92 Å². The molecule has 0 aromatic carbocycles. The Hall–Kier alpha value is 0.160. The van der Waals surface area contributed by atoms with E-state index in [0.717, 1.165) is 25.7 Å². The molecule has 1 fully saturated rings. The van der Waals surface area contributed by atoms with E-state index in [0.29, 0.717) is 31.4 Å². The first kappa shape index (κ1) is 17.2. The lowest BCUT2D eigenvalue weighted by Gasteiger charge is -2.37. The highest BCUT2D eigenvalue weighted by molar-refractivity contribution is 7.86. The smallest absolute Gasteiger partial charge is 0.195 e. The molecule has 0 bridgehead atoms. The van der Waals surface area contributed by atoms with Gasteiger partial charge in [-0.25, -0.2) is 0 Å². The van der Waals surface area contributed by atoms with E-state index in [9.17, 15) is 8.42 Å². The zero-order valence-electron chi connectivity index (χ0n) is 12.3. The van der Waals surface area contributed by atoms with Crippen molar-refractivity contribution in [3.63, 3.8) is 0 Å². The number of rotatable bonds is 7. The van der Waals surface area contributed by atoms with E-state index in [1.54, 1.807) is 8.61 Å². The van der Waals surface area contributed by atoms with Gasteiger partial charge in [-0.3, -0.25) is 0 Å². The van der Waals surface area contributed by atoms with Gasteiger partial charge in [0, 0.05) is 31.6 Å². The first-order valence-corrected chi connectivity index (χ1v) is 9.23. The monoisotopic (exact) mass is 310 g/mol. The molecular formula is C13H27ClN2O2S. The van der Waals surface area contributed by atoms with Crippen molar-refractivity contribution in [2.75, 3.05) is 25.5 Å². The summed E-state index contributed by atoms with van der Waals surface area (Å²) in [5.41, 5.74) is 0. The van der Waals surface area contributed by atoms with Crippen LogP contribution >= 0.6 is 11.6 Å². The first-order valence-electron chi connectivity index (χ1n) is 7.30. The fourth-order valence-corrected chi connectivity index (χ4v) is 5.15. The Morgan fingerprint density at radius 3 is 2.47 bits per heavy atom. The summed E-state index contributed by atoms with van der Waals surface area (Å²) in [5, 5.41) is 0. The molecule has 114 valence electrons. The van der Waals surface area contributed by atoms with Gasteiger partial charge in [0.1, 0.15) is 0 Å². The van der Waals surface area contributed by atoms with E-state index in [1.165, 1.54) is 0 Å². The summed E-state index contributed by atoms with van der Waals surface area (Å²) in [4.78, 5) is 0. The van der Waals surface area contributed by atoms with Gasteiger partial charge in [0.25, 0.3) is 10.2 Å². The van der Waals surface area contributed by atoms with Crippen molar-refractivity contribution in [1.29, 1.82) is 0 Å². The Morgan fingerprint density at radius 2 is 2.00 bits per heavy atom. The van der Waals surface area contributed by atoms with Crippen LogP contribution in [0, 0.1) is 5.92 Å². The summed E-state index contributed by atoms with van der Waals surface area (Å²) < 4.78 is 28.8. The van der Waals surface area contributed by atoms with Gasteiger partial charge >= 0.3 is 0 Å². The van der Waals surface area contributed by atoms with Crippen molar-refractivity contribution in [1.82, 2.24) is 8.61 Å². The minimum atomic E-state index is -3.36. The standard InChI is InChI=1S/C13H27ClN2O2S/c1-4-13(5-2)16(10-8-14)19(17,18)15-9-6-7-12(3)11-15/h12-13H,4-11H2,1-3H3. The molecule has 1 saturated heterocycles. The van der Waals surface area contributed by atoms with Crippen LogP contribution < -0.4 is 0 Å². The molecule has 0 amide bonds. The molecule has 19 heavy (non-hydrogen) atoms. The van der Waals surface area contributed by atoms with Gasteiger partial charge in [0.2, 0.25) is 0 Å². The van der Waals surface area contributed by atoms with E-state index >= 15 is 0 Å². The molecule has 0 N–H and O–H groups in total. The molecule has 1 unspecified atom stereocenters. The van der Waals surface area contributed by atoms with Gasteiger partial charge in [0.05, 0.1) is 0 Å². The minimum absolute atomic E-state index is 0.0565. The van der Waals surface area contributed by atoms with Crippen LogP contribution in [0.15, 0.2) is 0 Å². The van der Waals surface area contributed by atoms with E-state index in [4.69, 9.17) is 11.6 Å². The van der Waals surface area contributed by atoms with Crippen LogP contribution in [0.2, 0.25) is 0 Å². The average Bonchev–Trinajstić information content (AvgIpc) is 2.39. The number of alkyl halides is 1. The Labute approximate surface area is 123 Å². The number of hydrogen-bond acceptors (Lipinski definition) is 2.